The van der Waals surface area contributed by atoms with Crippen molar-refractivity contribution < 1.29 is 9.53 Å². The smallest absolute Gasteiger partial charge is 0.264 e. The van der Waals surface area contributed by atoms with Crippen LogP contribution in [0.3, 0.4) is 0 Å². The second-order valence-electron chi connectivity index (χ2n) is 5.39. The predicted molar refractivity (Wildman–Crippen MR) is 94.3 cm³/mol. The third-order valence-electron chi connectivity index (χ3n) is 3.78. The van der Waals surface area contributed by atoms with E-state index in [1.54, 1.807) is 11.9 Å². The number of aromatic nitrogens is 2. The summed E-state index contributed by atoms with van der Waals surface area (Å²) in [7, 11) is 1.73. The summed E-state index contributed by atoms with van der Waals surface area (Å²) in [6, 6.07) is 17.1. The van der Waals surface area contributed by atoms with Crippen LogP contribution in [0.2, 0.25) is 0 Å². The maximum Gasteiger partial charge on any atom is 0.264 e. The molecule has 0 saturated heterocycles. The molecule has 5 heteroatoms. The molecule has 2 aromatic carbocycles. The van der Waals surface area contributed by atoms with Gasteiger partial charge in [-0.05, 0) is 24.3 Å². The molecule has 0 aliphatic carbocycles. The van der Waals surface area contributed by atoms with Gasteiger partial charge in [0.15, 0.2) is 6.61 Å². The summed E-state index contributed by atoms with van der Waals surface area (Å²) < 4.78 is 5.72. The van der Waals surface area contributed by atoms with Crippen LogP contribution in [-0.2, 0) is 11.2 Å². The molecule has 0 aliphatic rings. The highest BCUT2D eigenvalue weighted by atomic mass is 16.5. The van der Waals surface area contributed by atoms with Crippen molar-refractivity contribution in [2.45, 2.75) is 13.3 Å². The molecule has 0 fully saturated rings. The first kappa shape index (κ1) is 15.9. The lowest BCUT2D eigenvalue weighted by molar-refractivity contribution is -0.120. The first-order chi connectivity index (χ1) is 11.7. The zero-order chi connectivity index (χ0) is 16.9. The number of hydrogen-bond donors (Lipinski definition) is 0. The van der Waals surface area contributed by atoms with E-state index in [9.17, 15) is 4.79 Å². The molecule has 0 unspecified atom stereocenters. The van der Waals surface area contributed by atoms with Crippen LogP contribution in [0.25, 0.3) is 10.9 Å². The molecule has 0 radical (unpaired) electrons. The van der Waals surface area contributed by atoms with Crippen molar-refractivity contribution in [1.29, 1.82) is 0 Å². The molecule has 0 bridgehead atoms. The number of aryl methyl sites for hydroxylation is 1. The van der Waals surface area contributed by atoms with E-state index in [4.69, 9.17) is 4.74 Å². The Kier molecular flexibility index (Phi) is 4.70. The predicted octanol–water partition coefficient (Wildman–Crippen LogP) is 3.23. The molecule has 0 aliphatic heterocycles. The van der Waals surface area contributed by atoms with Crippen molar-refractivity contribution in [1.82, 2.24) is 9.97 Å². The van der Waals surface area contributed by atoms with Crippen molar-refractivity contribution >= 4 is 22.5 Å². The number of likely N-dealkylation sites (N-methyl/N-ethyl adjacent to an activating group) is 1. The van der Waals surface area contributed by atoms with Crippen LogP contribution in [0.15, 0.2) is 54.6 Å². The minimum atomic E-state index is -0.137. The van der Waals surface area contributed by atoms with Gasteiger partial charge in [0.05, 0.1) is 10.9 Å². The molecule has 0 N–H and O–H groups in total. The lowest BCUT2D eigenvalue weighted by atomic mass is 10.2. The van der Waals surface area contributed by atoms with Crippen LogP contribution in [0.1, 0.15) is 12.7 Å². The van der Waals surface area contributed by atoms with Gasteiger partial charge in [-0.25, -0.2) is 4.98 Å². The average molecular weight is 321 g/mol. The SMILES string of the molecule is CCc1nc(OCC(=O)N(C)c2ccccc2)c2ccccc2n1. The molecular weight excluding hydrogens is 302 g/mol. The Morgan fingerprint density at radius 1 is 1.04 bits per heavy atom. The number of anilines is 1. The summed E-state index contributed by atoms with van der Waals surface area (Å²) in [5.41, 5.74) is 1.65. The Hall–Kier alpha value is -2.95. The van der Waals surface area contributed by atoms with E-state index in [1.807, 2.05) is 61.5 Å². The van der Waals surface area contributed by atoms with E-state index in [1.165, 1.54) is 0 Å². The van der Waals surface area contributed by atoms with Crippen molar-refractivity contribution in [3.05, 3.63) is 60.4 Å². The van der Waals surface area contributed by atoms with Gasteiger partial charge in [-0.3, -0.25) is 4.79 Å². The fourth-order valence-corrected chi connectivity index (χ4v) is 2.38. The first-order valence-corrected chi connectivity index (χ1v) is 7.89. The van der Waals surface area contributed by atoms with Crippen LogP contribution < -0.4 is 9.64 Å². The number of nitrogens with zero attached hydrogens (tertiary/aromatic N) is 3. The highest BCUT2D eigenvalue weighted by molar-refractivity contribution is 5.94. The zero-order valence-corrected chi connectivity index (χ0v) is 13.8. The third kappa shape index (κ3) is 3.35. The van der Waals surface area contributed by atoms with Crippen molar-refractivity contribution in [3.63, 3.8) is 0 Å². The number of hydrogen-bond acceptors (Lipinski definition) is 4. The normalized spacial score (nSPS) is 10.6. The summed E-state index contributed by atoms with van der Waals surface area (Å²) in [6.07, 6.45) is 0.707. The third-order valence-corrected chi connectivity index (χ3v) is 3.78. The highest BCUT2D eigenvalue weighted by Crippen LogP contribution is 2.22. The Bertz CT molecular complexity index is 850. The van der Waals surface area contributed by atoms with E-state index < -0.39 is 0 Å². The Morgan fingerprint density at radius 3 is 2.50 bits per heavy atom. The second kappa shape index (κ2) is 7.08. The van der Waals surface area contributed by atoms with E-state index in [0.717, 1.165) is 16.6 Å². The van der Waals surface area contributed by atoms with Crippen molar-refractivity contribution in [2.75, 3.05) is 18.6 Å². The highest BCUT2D eigenvalue weighted by Gasteiger charge is 2.14. The molecule has 0 saturated carbocycles. The maximum atomic E-state index is 12.4. The van der Waals surface area contributed by atoms with Gasteiger partial charge in [-0.1, -0.05) is 37.3 Å². The number of carbonyl (C=O) groups is 1. The molecule has 3 rings (SSSR count). The molecule has 1 amide bonds. The zero-order valence-electron chi connectivity index (χ0n) is 13.8. The van der Waals surface area contributed by atoms with E-state index >= 15 is 0 Å². The molecule has 1 heterocycles. The number of carbonyl (C=O) groups excluding carboxylic acids is 1. The van der Waals surface area contributed by atoms with Crippen LogP contribution in [0.4, 0.5) is 5.69 Å². The minimum Gasteiger partial charge on any atom is -0.467 e. The lowest BCUT2D eigenvalue weighted by Crippen LogP contribution is -2.31. The first-order valence-electron chi connectivity index (χ1n) is 7.89. The lowest BCUT2D eigenvalue weighted by Gasteiger charge is -2.17. The summed E-state index contributed by atoms with van der Waals surface area (Å²) >= 11 is 0. The van der Waals surface area contributed by atoms with Gasteiger partial charge in [0, 0.05) is 19.2 Å². The van der Waals surface area contributed by atoms with E-state index in [2.05, 4.69) is 9.97 Å². The molecule has 122 valence electrons. The number of para-hydroxylation sites is 2. The van der Waals surface area contributed by atoms with Gasteiger partial charge in [-0.15, -0.1) is 0 Å². The van der Waals surface area contributed by atoms with Crippen LogP contribution >= 0.6 is 0 Å². The van der Waals surface area contributed by atoms with Crippen LogP contribution in [-0.4, -0.2) is 29.5 Å². The number of amides is 1. The van der Waals surface area contributed by atoms with Crippen molar-refractivity contribution in [2.24, 2.45) is 0 Å². The van der Waals surface area contributed by atoms with Gasteiger partial charge in [0.2, 0.25) is 5.88 Å². The van der Waals surface area contributed by atoms with E-state index in [-0.39, 0.29) is 12.5 Å². The average Bonchev–Trinajstić information content (AvgIpc) is 2.65. The molecule has 0 spiro atoms. The van der Waals surface area contributed by atoms with Crippen LogP contribution in [0, 0.1) is 0 Å². The summed E-state index contributed by atoms with van der Waals surface area (Å²) in [5, 5.41) is 0.810. The topological polar surface area (TPSA) is 55.3 Å². The van der Waals surface area contributed by atoms with Gasteiger partial charge < -0.3 is 9.64 Å². The Labute approximate surface area is 140 Å². The standard InChI is InChI=1S/C19H19N3O2/c1-3-17-20-16-12-8-7-11-15(16)19(21-17)24-13-18(23)22(2)14-9-5-4-6-10-14/h4-12H,3,13H2,1-2H3. The van der Waals surface area contributed by atoms with Gasteiger partial charge in [0.25, 0.3) is 5.91 Å². The van der Waals surface area contributed by atoms with Gasteiger partial charge >= 0.3 is 0 Å². The maximum absolute atomic E-state index is 12.4. The molecule has 3 aromatic rings. The molecule has 5 nitrogen and oxygen atoms in total. The van der Waals surface area contributed by atoms with Crippen LogP contribution in [0.5, 0.6) is 5.88 Å². The molecule has 0 atom stereocenters. The molecule has 1 aromatic heterocycles. The fraction of sp³-hybridized carbons (Fsp3) is 0.211. The number of ether oxygens (including phenoxy) is 1. The van der Waals surface area contributed by atoms with Gasteiger partial charge in [-0.2, -0.15) is 4.98 Å². The largest absolute Gasteiger partial charge is 0.467 e. The Morgan fingerprint density at radius 2 is 1.75 bits per heavy atom. The Balaban J connectivity index is 1.79. The number of rotatable bonds is 5. The molecular formula is C19H19N3O2. The monoisotopic (exact) mass is 321 g/mol. The quantitative estimate of drug-likeness (QED) is 0.724. The number of benzene rings is 2. The van der Waals surface area contributed by atoms with E-state index in [0.29, 0.717) is 18.1 Å². The van der Waals surface area contributed by atoms with Gasteiger partial charge in [0.1, 0.15) is 5.82 Å². The summed E-state index contributed by atoms with van der Waals surface area (Å²) in [4.78, 5) is 22.8. The number of fused-ring (bicyclic) bond motifs is 1. The second-order valence-corrected chi connectivity index (χ2v) is 5.39. The fourth-order valence-electron chi connectivity index (χ4n) is 2.38. The van der Waals surface area contributed by atoms with Crippen molar-refractivity contribution in [3.8, 4) is 5.88 Å². The summed E-state index contributed by atoms with van der Waals surface area (Å²) in [6.45, 7) is 1.91. The molecule has 24 heavy (non-hydrogen) atoms. The minimum absolute atomic E-state index is 0.0739. The summed E-state index contributed by atoms with van der Waals surface area (Å²) in [5.74, 6) is 1.02.